The van der Waals surface area contributed by atoms with E-state index in [1.54, 1.807) is 11.3 Å². The molecule has 0 radical (unpaired) electrons. The van der Waals surface area contributed by atoms with Crippen molar-refractivity contribution in [1.29, 1.82) is 5.26 Å². The van der Waals surface area contributed by atoms with Crippen LogP contribution in [0.2, 0.25) is 0 Å². The predicted molar refractivity (Wildman–Crippen MR) is 72.1 cm³/mol. The lowest BCUT2D eigenvalue weighted by Crippen LogP contribution is -2.23. The van der Waals surface area contributed by atoms with Crippen LogP contribution in [0.3, 0.4) is 0 Å². The van der Waals surface area contributed by atoms with Crippen LogP contribution >= 0.6 is 11.3 Å². The van der Waals surface area contributed by atoms with E-state index < -0.39 is 0 Å². The van der Waals surface area contributed by atoms with E-state index in [-0.39, 0.29) is 12.6 Å². The normalized spacial score (nSPS) is 12.0. The molecule has 2 N–H and O–H groups in total. The zero-order chi connectivity index (χ0) is 12.8. The molecular weight excluding hydrogens is 244 g/mol. The Kier molecular flexibility index (Phi) is 4.48. The molecule has 18 heavy (non-hydrogen) atoms. The molecule has 0 saturated carbocycles. The van der Waals surface area contributed by atoms with E-state index in [0.717, 1.165) is 10.4 Å². The number of nitrogens with one attached hydrogen (secondary N) is 1. The van der Waals surface area contributed by atoms with Crippen LogP contribution in [0.25, 0.3) is 0 Å². The molecule has 2 rings (SSSR count). The average Bonchev–Trinajstić information content (AvgIpc) is 2.89. The third-order valence-corrected chi connectivity index (χ3v) is 3.63. The minimum Gasteiger partial charge on any atom is -0.394 e. The summed E-state index contributed by atoms with van der Waals surface area (Å²) < 4.78 is 0. The Morgan fingerprint density at radius 1 is 1.33 bits per heavy atom. The molecule has 92 valence electrons. The van der Waals surface area contributed by atoms with E-state index in [1.807, 2.05) is 41.8 Å². The summed E-state index contributed by atoms with van der Waals surface area (Å²) in [5, 5.41) is 23.3. The van der Waals surface area contributed by atoms with Crippen molar-refractivity contribution in [2.45, 2.75) is 12.6 Å². The Morgan fingerprint density at radius 3 is 2.72 bits per heavy atom. The number of thiophene rings is 1. The second kappa shape index (κ2) is 6.31. The Hall–Kier alpha value is -1.67. The second-order valence-corrected chi connectivity index (χ2v) is 4.94. The number of rotatable bonds is 5. The highest BCUT2D eigenvalue weighted by Crippen LogP contribution is 2.16. The van der Waals surface area contributed by atoms with Crippen molar-refractivity contribution in [2.24, 2.45) is 0 Å². The van der Waals surface area contributed by atoms with Crippen LogP contribution in [-0.4, -0.2) is 11.7 Å². The third kappa shape index (κ3) is 3.17. The molecule has 3 nitrogen and oxygen atoms in total. The maximum Gasteiger partial charge on any atom is 0.100 e. The van der Waals surface area contributed by atoms with E-state index in [0.29, 0.717) is 12.1 Å². The van der Waals surface area contributed by atoms with Crippen LogP contribution in [0.5, 0.6) is 0 Å². The van der Waals surface area contributed by atoms with Crippen LogP contribution in [0.1, 0.15) is 22.0 Å². The summed E-state index contributed by atoms with van der Waals surface area (Å²) in [6, 6.07) is 13.8. The summed E-state index contributed by atoms with van der Waals surface area (Å²) in [7, 11) is 0. The molecule has 0 amide bonds. The molecule has 1 heterocycles. The second-order valence-electron chi connectivity index (χ2n) is 3.94. The van der Waals surface area contributed by atoms with Crippen molar-refractivity contribution in [2.75, 3.05) is 6.61 Å². The van der Waals surface area contributed by atoms with Crippen molar-refractivity contribution in [3.8, 4) is 6.07 Å². The van der Waals surface area contributed by atoms with Gasteiger partial charge in [0.25, 0.3) is 0 Å². The van der Waals surface area contributed by atoms with Gasteiger partial charge in [-0.15, -0.1) is 11.3 Å². The number of aliphatic hydroxyl groups is 1. The molecule has 0 saturated heterocycles. The quantitative estimate of drug-likeness (QED) is 0.866. The average molecular weight is 258 g/mol. The van der Waals surface area contributed by atoms with Gasteiger partial charge in [-0.1, -0.05) is 30.3 Å². The van der Waals surface area contributed by atoms with Crippen LogP contribution in [0.4, 0.5) is 0 Å². The van der Waals surface area contributed by atoms with E-state index in [4.69, 9.17) is 5.26 Å². The van der Waals surface area contributed by atoms with Crippen LogP contribution < -0.4 is 5.32 Å². The lowest BCUT2D eigenvalue weighted by atomic mass is 10.1. The molecule has 0 aliphatic rings. The number of nitriles is 1. The van der Waals surface area contributed by atoms with Gasteiger partial charge in [-0.2, -0.15) is 5.26 Å². The van der Waals surface area contributed by atoms with Gasteiger partial charge >= 0.3 is 0 Å². The first-order valence-corrected chi connectivity index (χ1v) is 6.58. The number of hydrogen-bond acceptors (Lipinski definition) is 4. The fourth-order valence-corrected chi connectivity index (χ4v) is 2.49. The topological polar surface area (TPSA) is 56.0 Å². The van der Waals surface area contributed by atoms with E-state index in [1.165, 1.54) is 0 Å². The summed E-state index contributed by atoms with van der Waals surface area (Å²) in [5.41, 5.74) is 1.76. The van der Waals surface area contributed by atoms with Crippen LogP contribution in [0, 0.1) is 11.3 Å². The Morgan fingerprint density at radius 2 is 2.11 bits per heavy atom. The molecule has 0 spiro atoms. The lowest BCUT2D eigenvalue weighted by Gasteiger charge is -2.15. The largest absolute Gasteiger partial charge is 0.394 e. The first kappa shape index (κ1) is 12.8. The molecular formula is C14H14N2OS. The van der Waals surface area contributed by atoms with Gasteiger partial charge in [0, 0.05) is 16.8 Å². The Labute approximate surface area is 110 Å². The number of benzene rings is 1. The van der Waals surface area contributed by atoms with Crippen LogP contribution in [-0.2, 0) is 6.54 Å². The number of nitrogens with zero attached hydrogens (tertiary/aromatic N) is 1. The van der Waals surface area contributed by atoms with Gasteiger partial charge in [0.05, 0.1) is 18.2 Å². The number of aliphatic hydroxyl groups excluding tert-OH is 1. The van der Waals surface area contributed by atoms with Gasteiger partial charge in [-0.25, -0.2) is 0 Å². The monoisotopic (exact) mass is 258 g/mol. The van der Waals surface area contributed by atoms with Gasteiger partial charge in [-0.05, 0) is 11.6 Å². The summed E-state index contributed by atoms with van der Waals surface area (Å²) in [6.07, 6.45) is 0. The Balaban J connectivity index is 1.98. The minimum atomic E-state index is -0.0705. The van der Waals surface area contributed by atoms with Gasteiger partial charge in [-0.3, -0.25) is 0 Å². The first-order chi connectivity index (χ1) is 8.83. The molecule has 0 unspecified atom stereocenters. The highest BCUT2D eigenvalue weighted by atomic mass is 32.1. The van der Waals surface area contributed by atoms with Crippen molar-refractivity contribution < 1.29 is 5.11 Å². The van der Waals surface area contributed by atoms with Crippen LogP contribution in [0.15, 0.2) is 41.8 Å². The summed E-state index contributed by atoms with van der Waals surface area (Å²) >= 11 is 1.56. The molecule has 1 atom stereocenters. The standard InChI is InChI=1S/C14H14N2OS/c15-7-11-6-13(18-10-11)8-16-14(9-17)12-4-2-1-3-5-12/h1-6,10,14,16-17H,8-9H2/t14-/m1/s1. The smallest absolute Gasteiger partial charge is 0.100 e. The first-order valence-electron chi connectivity index (χ1n) is 5.70. The molecule has 0 bridgehead atoms. The van der Waals surface area contributed by atoms with Gasteiger partial charge in [0.2, 0.25) is 0 Å². The minimum absolute atomic E-state index is 0.0560. The van der Waals surface area contributed by atoms with E-state index in [2.05, 4.69) is 11.4 Å². The lowest BCUT2D eigenvalue weighted by molar-refractivity contribution is 0.244. The SMILES string of the molecule is N#Cc1csc(CN[C@H](CO)c2ccccc2)c1. The van der Waals surface area contributed by atoms with Crippen molar-refractivity contribution >= 4 is 11.3 Å². The number of hydrogen-bond donors (Lipinski definition) is 2. The summed E-state index contributed by atoms with van der Waals surface area (Å²) in [4.78, 5) is 1.10. The highest BCUT2D eigenvalue weighted by Gasteiger charge is 2.09. The summed E-state index contributed by atoms with van der Waals surface area (Å²) in [5.74, 6) is 0. The zero-order valence-corrected chi connectivity index (χ0v) is 10.7. The molecule has 1 aromatic heterocycles. The van der Waals surface area contributed by atoms with E-state index in [9.17, 15) is 5.11 Å². The molecule has 1 aromatic carbocycles. The maximum absolute atomic E-state index is 9.40. The maximum atomic E-state index is 9.40. The van der Waals surface area contributed by atoms with E-state index >= 15 is 0 Å². The Bertz CT molecular complexity index is 530. The van der Waals surface area contributed by atoms with Crippen molar-refractivity contribution in [3.05, 3.63) is 57.8 Å². The van der Waals surface area contributed by atoms with Crippen molar-refractivity contribution in [1.82, 2.24) is 5.32 Å². The fraction of sp³-hybridized carbons (Fsp3) is 0.214. The van der Waals surface area contributed by atoms with Gasteiger partial charge < -0.3 is 10.4 Å². The van der Waals surface area contributed by atoms with Gasteiger partial charge in [0.1, 0.15) is 6.07 Å². The molecule has 0 aliphatic carbocycles. The third-order valence-electron chi connectivity index (χ3n) is 2.69. The van der Waals surface area contributed by atoms with Gasteiger partial charge in [0.15, 0.2) is 0 Å². The van der Waals surface area contributed by atoms with Crippen molar-refractivity contribution in [3.63, 3.8) is 0 Å². The molecule has 4 heteroatoms. The molecule has 2 aromatic rings. The molecule has 0 aliphatic heterocycles. The highest BCUT2D eigenvalue weighted by molar-refractivity contribution is 7.10. The predicted octanol–water partition coefficient (Wildman–Crippen LogP) is 2.44. The fourth-order valence-electron chi connectivity index (χ4n) is 1.73. The zero-order valence-electron chi connectivity index (χ0n) is 9.84. The summed E-state index contributed by atoms with van der Waals surface area (Å²) in [6.45, 7) is 0.715. The molecule has 0 fully saturated rings.